The van der Waals surface area contributed by atoms with E-state index in [9.17, 15) is 0 Å². The van der Waals surface area contributed by atoms with Crippen molar-refractivity contribution in [1.29, 1.82) is 0 Å². The molecule has 1 aliphatic rings. The number of likely N-dealkylation sites (N-methyl/N-ethyl adjacent to an activating group) is 1. The maximum absolute atomic E-state index is 3.63. The Hall–Kier alpha value is -0.900. The van der Waals surface area contributed by atoms with Crippen molar-refractivity contribution in [2.45, 2.75) is 19.9 Å². The summed E-state index contributed by atoms with van der Waals surface area (Å²) >= 11 is 0. The Balaban J connectivity index is 1.70. The highest BCUT2D eigenvalue weighted by Crippen LogP contribution is 2.13. The first-order valence-corrected chi connectivity index (χ1v) is 7.36. The third kappa shape index (κ3) is 4.60. The molecule has 0 aliphatic carbocycles. The first kappa shape index (κ1) is 14.5. The van der Waals surface area contributed by atoms with E-state index < -0.39 is 0 Å². The normalized spacial score (nSPS) is 19.5. The zero-order valence-corrected chi connectivity index (χ0v) is 12.5. The van der Waals surface area contributed by atoms with Gasteiger partial charge in [0, 0.05) is 45.3 Å². The summed E-state index contributed by atoms with van der Waals surface area (Å²) in [6.45, 7) is 11.4. The Morgan fingerprint density at radius 3 is 2.63 bits per heavy atom. The number of nitrogens with one attached hydrogen (secondary N) is 1. The topological polar surface area (TPSA) is 18.5 Å². The molecule has 2 rings (SSSR count). The van der Waals surface area contributed by atoms with E-state index in [0.29, 0.717) is 6.04 Å². The Morgan fingerprint density at radius 2 is 1.95 bits per heavy atom. The van der Waals surface area contributed by atoms with Gasteiger partial charge >= 0.3 is 0 Å². The van der Waals surface area contributed by atoms with Crippen LogP contribution in [0.4, 0.5) is 0 Å². The largest absolute Gasteiger partial charge is 0.309 e. The molecule has 1 N–H and O–H groups in total. The zero-order valence-electron chi connectivity index (χ0n) is 12.5. The number of nitrogens with zero attached hydrogens (tertiary/aromatic N) is 2. The van der Waals surface area contributed by atoms with Crippen LogP contribution in [0.5, 0.6) is 0 Å². The van der Waals surface area contributed by atoms with Gasteiger partial charge in [-0.25, -0.2) is 0 Å². The predicted octanol–water partition coefficient (Wildman–Crippen LogP) is 1.89. The smallest absolute Gasteiger partial charge is 0.0292 e. The van der Waals surface area contributed by atoms with Crippen molar-refractivity contribution in [3.8, 4) is 0 Å². The summed E-state index contributed by atoms with van der Waals surface area (Å²) in [5.74, 6) is 0. The minimum Gasteiger partial charge on any atom is -0.309 e. The molecule has 0 aromatic heterocycles. The quantitative estimate of drug-likeness (QED) is 0.873. The molecule has 0 spiro atoms. The molecule has 3 heteroatoms. The van der Waals surface area contributed by atoms with Crippen molar-refractivity contribution < 1.29 is 0 Å². The van der Waals surface area contributed by atoms with Crippen LogP contribution in [0.15, 0.2) is 24.3 Å². The van der Waals surface area contributed by atoms with Crippen LogP contribution in [0, 0.1) is 6.92 Å². The minimum absolute atomic E-state index is 0.437. The third-order valence-electron chi connectivity index (χ3n) is 4.02. The van der Waals surface area contributed by atoms with E-state index in [1.165, 1.54) is 37.3 Å². The van der Waals surface area contributed by atoms with Crippen LogP contribution in [0.1, 0.15) is 24.1 Å². The standard InChI is InChI=1S/C16H27N3/c1-14-5-4-6-16(13-14)15(2)17-7-8-19-11-9-18(3)10-12-19/h4-6,13,15,17H,7-12H2,1-3H3/t15-/m1/s1. The average Bonchev–Trinajstić information content (AvgIpc) is 2.41. The van der Waals surface area contributed by atoms with Crippen LogP contribution >= 0.6 is 0 Å². The lowest BCUT2D eigenvalue weighted by molar-refractivity contribution is 0.154. The van der Waals surface area contributed by atoms with E-state index in [0.717, 1.165) is 13.1 Å². The van der Waals surface area contributed by atoms with E-state index in [1.54, 1.807) is 0 Å². The van der Waals surface area contributed by atoms with Crippen LogP contribution in [0.3, 0.4) is 0 Å². The van der Waals surface area contributed by atoms with Crippen molar-refractivity contribution in [1.82, 2.24) is 15.1 Å². The number of aryl methyl sites for hydroxylation is 1. The monoisotopic (exact) mass is 261 g/mol. The summed E-state index contributed by atoms with van der Waals surface area (Å²) in [6.07, 6.45) is 0. The Morgan fingerprint density at radius 1 is 1.21 bits per heavy atom. The average molecular weight is 261 g/mol. The molecule has 0 bridgehead atoms. The van der Waals surface area contributed by atoms with Crippen molar-refractivity contribution in [2.24, 2.45) is 0 Å². The summed E-state index contributed by atoms with van der Waals surface area (Å²) in [6, 6.07) is 9.21. The fraction of sp³-hybridized carbons (Fsp3) is 0.625. The highest BCUT2D eigenvalue weighted by molar-refractivity contribution is 5.24. The molecule has 0 unspecified atom stereocenters. The van der Waals surface area contributed by atoms with E-state index in [2.05, 4.69) is 60.3 Å². The van der Waals surface area contributed by atoms with Crippen molar-refractivity contribution in [3.05, 3.63) is 35.4 Å². The van der Waals surface area contributed by atoms with Gasteiger partial charge in [-0.3, -0.25) is 4.90 Å². The Labute approximate surface area is 117 Å². The lowest BCUT2D eigenvalue weighted by Gasteiger charge is -2.32. The maximum atomic E-state index is 3.63. The van der Waals surface area contributed by atoms with Crippen LogP contribution in [0.25, 0.3) is 0 Å². The molecule has 1 fully saturated rings. The fourth-order valence-corrected chi connectivity index (χ4v) is 2.57. The number of hydrogen-bond acceptors (Lipinski definition) is 3. The first-order chi connectivity index (χ1) is 9.15. The van der Waals surface area contributed by atoms with Crippen LogP contribution in [-0.4, -0.2) is 56.1 Å². The molecule has 0 saturated carbocycles. The first-order valence-electron chi connectivity index (χ1n) is 7.36. The molecule has 19 heavy (non-hydrogen) atoms. The molecule has 0 amide bonds. The lowest BCUT2D eigenvalue weighted by atomic mass is 10.1. The summed E-state index contributed by atoms with van der Waals surface area (Å²) in [5.41, 5.74) is 2.73. The van der Waals surface area contributed by atoms with Crippen molar-refractivity contribution in [3.63, 3.8) is 0 Å². The van der Waals surface area contributed by atoms with Gasteiger partial charge in [0.05, 0.1) is 0 Å². The van der Waals surface area contributed by atoms with Gasteiger partial charge in [0.15, 0.2) is 0 Å². The van der Waals surface area contributed by atoms with E-state index in [4.69, 9.17) is 0 Å². The molecule has 1 aromatic carbocycles. The zero-order chi connectivity index (χ0) is 13.7. The van der Waals surface area contributed by atoms with Gasteiger partial charge in [-0.1, -0.05) is 29.8 Å². The molecule has 1 heterocycles. The van der Waals surface area contributed by atoms with E-state index >= 15 is 0 Å². The number of benzene rings is 1. The summed E-state index contributed by atoms with van der Waals surface area (Å²) < 4.78 is 0. The summed E-state index contributed by atoms with van der Waals surface area (Å²) in [7, 11) is 2.20. The predicted molar refractivity (Wildman–Crippen MR) is 81.5 cm³/mol. The van der Waals surface area contributed by atoms with Crippen LogP contribution in [0.2, 0.25) is 0 Å². The van der Waals surface area contributed by atoms with Gasteiger partial charge in [0.2, 0.25) is 0 Å². The van der Waals surface area contributed by atoms with Crippen LogP contribution < -0.4 is 5.32 Å². The summed E-state index contributed by atoms with van der Waals surface area (Å²) in [4.78, 5) is 4.95. The second-order valence-corrected chi connectivity index (χ2v) is 5.73. The SMILES string of the molecule is Cc1cccc([C@@H](C)NCCN2CCN(C)CC2)c1. The number of piperazine rings is 1. The second kappa shape index (κ2) is 7.04. The highest BCUT2D eigenvalue weighted by atomic mass is 15.2. The van der Waals surface area contributed by atoms with Gasteiger partial charge in [0.1, 0.15) is 0 Å². The molecule has 0 radical (unpaired) electrons. The molecule has 1 atom stereocenters. The second-order valence-electron chi connectivity index (χ2n) is 5.73. The van der Waals surface area contributed by atoms with Crippen molar-refractivity contribution >= 4 is 0 Å². The highest BCUT2D eigenvalue weighted by Gasteiger charge is 2.13. The van der Waals surface area contributed by atoms with E-state index in [-0.39, 0.29) is 0 Å². The van der Waals surface area contributed by atoms with Gasteiger partial charge in [-0.15, -0.1) is 0 Å². The Kier molecular flexibility index (Phi) is 5.37. The van der Waals surface area contributed by atoms with Gasteiger partial charge < -0.3 is 10.2 Å². The lowest BCUT2D eigenvalue weighted by Crippen LogP contribution is -2.46. The number of rotatable bonds is 5. The van der Waals surface area contributed by atoms with Gasteiger partial charge in [-0.2, -0.15) is 0 Å². The van der Waals surface area contributed by atoms with E-state index in [1.807, 2.05) is 0 Å². The molecule has 1 aliphatic heterocycles. The van der Waals surface area contributed by atoms with Gasteiger partial charge in [-0.05, 0) is 26.5 Å². The van der Waals surface area contributed by atoms with Crippen LogP contribution in [-0.2, 0) is 0 Å². The molecule has 3 nitrogen and oxygen atoms in total. The molecule has 1 aromatic rings. The molecule has 1 saturated heterocycles. The Bertz CT molecular complexity index is 383. The maximum Gasteiger partial charge on any atom is 0.0292 e. The number of hydrogen-bond donors (Lipinski definition) is 1. The molecular weight excluding hydrogens is 234 g/mol. The minimum atomic E-state index is 0.437. The van der Waals surface area contributed by atoms with Gasteiger partial charge in [0.25, 0.3) is 0 Å². The fourth-order valence-electron chi connectivity index (χ4n) is 2.57. The third-order valence-corrected chi connectivity index (χ3v) is 4.02. The molecule has 106 valence electrons. The van der Waals surface area contributed by atoms with Crippen molar-refractivity contribution in [2.75, 3.05) is 46.3 Å². The summed E-state index contributed by atoms with van der Waals surface area (Å²) in [5, 5.41) is 3.63. The molecular formula is C16H27N3.